The number of hydrogen-bond acceptors (Lipinski definition) is 2. The highest BCUT2D eigenvalue weighted by molar-refractivity contribution is 5.79. The zero-order valence-electron chi connectivity index (χ0n) is 11.3. The van der Waals surface area contributed by atoms with Crippen LogP contribution >= 0.6 is 0 Å². The summed E-state index contributed by atoms with van der Waals surface area (Å²) in [5.41, 5.74) is 0.218. The molecule has 0 spiro atoms. The van der Waals surface area contributed by atoms with Crippen molar-refractivity contribution in [2.45, 2.75) is 13.8 Å². The van der Waals surface area contributed by atoms with E-state index in [-0.39, 0.29) is 5.41 Å². The van der Waals surface area contributed by atoms with Crippen molar-refractivity contribution >= 4 is 5.96 Å². The van der Waals surface area contributed by atoms with Gasteiger partial charge in [-0.05, 0) is 19.5 Å². The van der Waals surface area contributed by atoms with Crippen LogP contribution in [0.25, 0.3) is 0 Å². The summed E-state index contributed by atoms with van der Waals surface area (Å²) in [6.07, 6.45) is 1.82. The number of hydrogen-bond donors (Lipinski definition) is 2. The van der Waals surface area contributed by atoms with E-state index in [2.05, 4.69) is 55.0 Å². The Balaban J connectivity index is 4.04. The SMILES string of the molecule is C=CCNC(=NC)NCC(C)(C)CN(C)C. The lowest BCUT2D eigenvalue weighted by atomic mass is 9.93. The number of nitrogens with zero attached hydrogens (tertiary/aromatic N) is 2. The minimum Gasteiger partial charge on any atom is -0.356 e. The maximum atomic E-state index is 4.14. The van der Waals surface area contributed by atoms with Gasteiger partial charge in [0.1, 0.15) is 0 Å². The Morgan fingerprint density at radius 3 is 2.44 bits per heavy atom. The van der Waals surface area contributed by atoms with Gasteiger partial charge in [0.05, 0.1) is 0 Å². The molecular weight excluding hydrogens is 200 g/mol. The molecule has 4 nitrogen and oxygen atoms in total. The molecule has 0 amide bonds. The van der Waals surface area contributed by atoms with Gasteiger partial charge in [-0.15, -0.1) is 6.58 Å². The van der Waals surface area contributed by atoms with E-state index in [9.17, 15) is 0 Å². The maximum Gasteiger partial charge on any atom is 0.191 e. The lowest BCUT2D eigenvalue weighted by Crippen LogP contribution is -2.44. The average Bonchev–Trinajstić information content (AvgIpc) is 2.16. The summed E-state index contributed by atoms with van der Waals surface area (Å²) < 4.78 is 0. The Kier molecular flexibility index (Phi) is 6.81. The van der Waals surface area contributed by atoms with Gasteiger partial charge in [0.2, 0.25) is 0 Å². The molecule has 0 saturated heterocycles. The van der Waals surface area contributed by atoms with Gasteiger partial charge in [-0.25, -0.2) is 0 Å². The topological polar surface area (TPSA) is 39.7 Å². The van der Waals surface area contributed by atoms with Gasteiger partial charge in [0, 0.05) is 26.7 Å². The Morgan fingerprint density at radius 1 is 1.38 bits per heavy atom. The van der Waals surface area contributed by atoms with E-state index in [1.54, 1.807) is 7.05 Å². The minimum absolute atomic E-state index is 0.218. The predicted octanol–water partition coefficient (Wildman–Crippen LogP) is 0.925. The highest BCUT2D eigenvalue weighted by Crippen LogP contribution is 2.13. The molecule has 0 aromatic carbocycles. The monoisotopic (exact) mass is 226 g/mol. The summed E-state index contributed by atoms with van der Waals surface area (Å²) in [4.78, 5) is 6.34. The molecule has 4 heteroatoms. The Bertz CT molecular complexity index is 231. The van der Waals surface area contributed by atoms with Crippen molar-refractivity contribution < 1.29 is 0 Å². The molecule has 0 aliphatic carbocycles. The standard InChI is InChI=1S/C12H26N4/c1-7-8-14-11(13-4)15-9-12(2,3)10-16(5)6/h7H,1,8-10H2,2-6H3,(H2,13,14,15). The molecule has 0 radical (unpaired) electrons. The van der Waals surface area contributed by atoms with E-state index in [4.69, 9.17) is 0 Å². The Hall–Kier alpha value is -1.03. The van der Waals surface area contributed by atoms with Gasteiger partial charge < -0.3 is 15.5 Å². The van der Waals surface area contributed by atoms with Crippen LogP contribution in [-0.2, 0) is 0 Å². The van der Waals surface area contributed by atoms with Crippen LogP contribution in [0.3, 0.4) is 0 Å². The smallest absolute Gasteiger partial charge is 0.191 e. The summed E-state index contributed by atoms with van der Waals surface area (Å²) in [5.74, 6) is 0.826. The Morgan fingerprint density at radius 2 is 2.00 bits per heavy atom. The summed E-state index contributed by atoms with van der Waals surface area (Å²) in [6, 6.07) is 0. The molecule has 94 valence electrons. The molecule has 0 unspecified atom stereocenters. The van der Waals surface area contributed by atoms with Crippen LogP contribution in [0.5, 0.6) is 0 Å². The number of guanidine groups is 1. The summed E-state index contributed by atoms with van der Waals surface area (Å²) >= 11 is 0. The summed E-state index contributed by atoms with van der Waals surface area (Å²) in [5, 5.41) is 6.47. The largest absolute Gasteiger partial charge is 0.356 e. The average molecular weight is 226 g/mol. The van der Waals surface area contributed by atoms with Crippen molar-refractivity contribution in [3.05, 3.63) is 12.7 Å². The first-order chi connectivity index (χ1) is 7.41. The molecule has 0 rings (SSSR count). The normalized spacial score (nSPS) is 12.8. The molecule has 2 N–H and O–H groups in total. The minimum atomic E-state index is 0.218. The maximum absolute atomic E-state index is 4.14. The summed E-state index contributed by atoms with van der Waals surface area (Å²) in [6.45, 7) is 10.8. The van der Waals surface area contributed by atoms with E-state index in [0.29, 0.717) is 0 Å². The quantitative estimate of drug-likeness (QED) is 0.402. The summed E-state index contributed by atoms with van der Waals surface area (Å²) in [7, 11) is 5.95. The molecule has 0 aromatic rings. The number of rotatable bonds is 6. The number of aliphatic imine (C=N–C) groups is 1. The third kappa shape index (κ3) is 7.29. The van der Waals surface area contributed by atoms with Crippen molar-refractivity contribution in [2.24, 2.45) is 10.4 Å². The molecule has 0 aromatic heterocycles. The lowest BCUT2D eigenvalue weighted by molar-refractivity contribution is 0.241. The third-order valence-electron chi connectivity index (χ3n) is 2.12. The third-order valence-corrected chi connectivity index (χ3v) is 2.12. The molecular formula is C12H26N4. The van der Waals surface area contributed by atoms with Crippen molar-refractivity contribution in [1.82, 2.24) is 15.5 Å². The van der Waals surface area contributed by atoms with E-state index in [0.717, 1.165) is 25.6 Å². The van der Waals surface area contributed by atoms with Gasteiger partial charge in [0.25, 0.3) is 0 Å². The second-order valence-electron chi connectivity index (χ2n) is 5.00. The van der Waals surface area contributed by atoms with E-state index < -0.39 is 0 Å². The highest BCUT2D eigenvalue weighted by Gasteiger charge is 2.18. The van der Waals surface area contributed by atoms with E-state index in [1.807, 2.05) is 6.08 Å². The van der Waals surface area contributed by atoms with Gasteiger partial charge in [-0.1, -0.05) is 19.9 Å². The van der Waals surface area contributed by atoms with Crippen LogP contribution in [0.1, 0.15) is 13.8 Å². The first-order valence-corrected chi connectivity index (χ1v) is 5.61. The molecule has 0 aliphatic rings. The van der Waals surface area contributed by atoms with Crippen molar-refractivity contribution in [3.8, 4) is 0 Å². The Labute approximate surface area is 99.8 Å². The van der Waals surface area contributed by atoms with E-state index in [1.165, 1.54) is 0 Å². The van der Waals surface area contributed by atoms with Crippen LogP contribution in [0, 0.1) is 5.41 Å². The zero-order valence-corrected chi connectivity index (χ0v) is 11.3. The first-order valence-electron chi connectivity index (χ1n) is 5.61. The fraction of sp³-hybridized carbons (Fsp3) is 0.750. The predicted molar refractivity (Wildman–Crippen MR) is 71.9 cm³/mol. The number of nitrogens with one attached hydrogen (secondary N) is 2. The van der Waals surface area contributed by atoms with Gasteiger partial charge in [-0.2, -0.15) is 0 Å². The molecule has 16 heavy (non-hydrogen) atoms. The zero-order chi connectivity index (χ0) is 12.6. The molecule has 0 fully saturated rings. The fourth-order valence-electron chi connectivity index (χ4n) is 1.62. The van der Waals surface area contributed by atoms with Crippen molar-refractivity contribution in [1.29, 1.82) is 0 Å². The van der Waals surface area contributed by atoms with Crippen molar-refractivity contribution in [3.63, 3.8) is 0 Å². The molecule has 0 bridgehead atoms. The van der Waals surface area contributed by atoms with Crippen LogP contribution in [0.2, 0.25) is 0 Å². The molecule has 0 saturated carbocycles. The first kappa shape index (κ1) is 15.0. The van der Waals surface area contributed by atoms with Gasteiger partial charge >= 0.3 is 0 Å². The molecule has 0 atom stereocenters. The van der Waals surface area contributed by atoms with Gasteiger partial charge in [0.15, 0.2) is 5.96 Å². The lowest BCUT2D eigenvalue weighted by Gasteiger charge is -2.29. The molecule has 0 heterocycles. The van der Waals surface area contributed by atoms with Crippen LogP contribution in [0.15, 0.2) is 17.6 Å². The van der Waals surface area contributed by atoms with Gasteiger partial charge in [-0.3, -0.25) is 4.99 Å². The van der Waals surface area contributed by atoms with Crippen LogP contribution < -0.4 is 10.6 Å². The molecule has 0 aliphatic heterocycles. The van der Waals surface area contributed by atoms with Crippen LogP contribution in [-0.4, -0.2) is 51.6 Å². The van der Waals surface area contributed by atoms with E-state index >= 15 is 0 Å². The van der Waals surface area contributed by atoms with Crippen molar-refractivity contribution in [2.75, 3.05) is 40.8 Å². The highest BCUT2D eigenvalue weighted by atomic mass is 15.2. The second kappa shape index (κ2) is 7.28. The fourth-order valence-corrected chi connectivity index (χ4v) is 1.62. The second-order valence-corrected chi connectivity index (χ2v) is 5.00. The van der Waals surface area contributed by atoms with Crippen LogP contribution in [0.4, 0.5) is 0 Å².